The van der Waals surface area contributed by atoms with Crippen molar-refractivity contribution in [2.45, 2.75) is 46.1 Å². The van der Waals surface area contributed by atoms with Crippen LogP contribution in [-0.4, -0.2) is 18.5 Å². The average Bonchev–Trinajstić information content (AvgIpc) is 2.15. The van der Waals surface area contributed by atoms with Gasteiger partial charge in [-0.05, 0) is 12.8 Å². The van der Waals surface area contributed by atoms with Crippen molar-refractivity contribution < 1.29 is 4.79 Å². The monoisotopic (exact) mass is 186 g/mol. The maximum Gasteiger partial charge on any atom is 0.224 e. The molecule has 13 heavy (non-hydrogen) atoms. The molecule has 3 heteroatoms. The molecule has 3 N–H and O–H groups in total. The largest absolute Gasteiger partial charge is 0.353 e. The summed E-state index contributed by atoms with van der Waals surface area (Å²) in [6.45, 7) is 6.50. The molecule has 78 valence electrons. The number of hydrogen-bond acceptors (Lipinski definition) is 2. The van der Waals surface area contributed by atoms with Gasteiger partial charge in [0.15, 0.2) is 0 Å². The van der Waals surface area contributed by atoms with E-state index in [1.54, 1.807) is 0 Å². The van der Waals surface area contributed by atoms with E-state index in [-0.39, 0.29) is 11.8 Å². The predicted octanol–water partition coefficient (Wildman–Crippen LogP) is 1.28. The number of hydrogen-bond donors (Lipinski definition) is 2. The van der Waals surface area contributed by atoms with Gasteiger partial charge in [0.05, 0.1) is 0 Å². The van der Waals surface area contributed by atoms with Crippen molar-refractivity contribution in [3.05, 3.63) is 0 Å². The van der Waals surface area contributed by atoms with Crippen LogP contribution in [0.4, 0.5) is 0 Å². The maximum atomic E-state index is 11.4. The molecule has 0 aromatic rings. The molecule has 0 bridgehead atoms. The van der Waals surface area contributed by atoms with Crippen molar-refractivity contribution in [3.8, 4) is 0 Å². The molecule has 0 fully saturated rings. The summed E-state index contributed by atoms with van der Waals surface area (Å²) >= 11 is 0. The summed E-state index contributed by atoms with van der Waals surface area (Å²) in [5.74, 6) is 0.0220. The molecule has 0 saturated heterocycles. The van der Waals surface area contributed by atoms with E-state index in [1.165, 1.54) is 0 Å². The number of nitrogens with two attached hydrogens (primary N) is 1. The molecule has 0 rings (SSSR count). The zero-order chi connectivity index (χ0) is 10.3. The van der Waals surface area contributed by atoms with Crippen LogP contribution in [0.25, 0.3) is 0 Å². The second-order valence-corrected chi connectivity index (χ2v) is 3.54. The van der Waals surface area contributed by atoms with E-state index in [9.17, 15) is 4.79 Å². The summed E-state index contributed by atoms with van der Waals surface area (Å²) in [5, 5.41) is 3.00. The van der Waals surface area contributed by atoms with Crippen molar-refractivity contribution in [1.29, 1.82) is 0 Å². The Balaban J connectivity index is 3.85. The third-order valence-electron chi connectivity index (χ3n) is 2.28. The van der Waals surface area contributed by atoms with Gasteiger partial charge in [-0.15, -0.1) is 0 Å². The summed E-state index contributed by atoms with van der Waals surface area (Å²) in [6, 6.07) is 0.325. The molecule has 0 aliphatic carbocycles. The summed E-state index contributed by atoms with van der Waals surface area (Å²) in [5.41, 5.74) is 5.40. The molecule has 3 nitrogen and oxygen atoms in total. The number of carbonyl (C=O) groups is 1. The fraction of sp³-hybridized carbons (Fsp3) is 0.900. The predicted molar refractivity (Wildman–Crippen MR) is 55.3 cm³/mol. The summed E-state index contributed by atoms with van der Waals surface area (Å²) in [7, 11) is 0. The molecule has 0 saturated carbocycles. The Hall–Kier alpha value is -0.570. The van der Waals surface area contributed by atoms with Crippen molar-refractivity contribution in [1.82, 2.24) is 5.32 Å². The third kappa shape index (κ3) is 4.88. The van der Waals surface area contributed by atoms with Crippen LogP contribution in [-0.2, 0) is 4.79 Å². The molecule has 0 aliphatic heterocycles. The standard InChI is InChI=1S/C10H22N2O/c1-4-6-9(5-2)12-10(13)8(3)7-11/h8-9H,4-7,11H2,1-3H3,(H,12,13). The van der Waals surface area contributed by atoms with Gasteiger partial charge in [0.1, 0.15) is 0 Å². The highest BCUT2D eigenvalue weighted by Crippen LogP contribution is 2.02. The Morgan fingerprint density at radius 3 is 2.46 bits per heavy atom. The van der Waals surface area contributed by atoms with Crippen molar-refractivity contribution in [2.75, 3.05) is 6.54 Å². The lowest BCUT2D eigenvalue weighted by Gasteiger charge is -2.18. The highest BCUT2D eigenvalue weighted by molar-refractivity contribution is 5.78. The van der Waals surface area contributed by atoms with Crippen LogP contribution in [0.2, 0.25) is 0 Å². The quantitative estimate of drug-likeness (QED) is 0.656. The first-order valence-corrected chi connectivity index (χ1v) is 5.16. The normalized spacial score (nSPS) is 15.1. The van der Waals surface area contributed by atoms with E-state index >= 15 is 0 Å². The zero-order valence-corrected chi connectivity index (χ0v) is 8.97. The van der Waals surface area contributed by atoms with Crippen molar-refractivity contribution in [3.63, 3.8) is 0 Å². The molecule has 1 amide bonds. The van der Waals surface area contributed by atoms with E-state index < -0.39 is 0 Å². The number of rotatable bonds is 6. The second kappa shape index (κ2) is 6.89. The zero-order valence-electron chi connectivity index (χ0n) is 8.97. The van der Waals surface area contributed by atoms with Crippen LogP contribution in [0.3, 0.4) is 0 Å². The van der Waals surface area contributed by atoms with Crippen LogP contribution < -0.4 is 11.1 Å². The fourth-order valence-corrected chi connectivity index (χ4v) is 1.18. The van der Waals surface area contributed by atoms with Crippen LogP contribution in [0.1, 0.15) is 40.0 Å². The van der Waals surface area contributed by atoms with E-state index in [4.69, 9.17) is 5.73 Å². The first kappa shape index (κ1) is 12.4. The van der Waals surface area contributed by atoms with Crippen LogP contribution in [0.5, 0.6) is 0 Å². The minimum atomic E-state index is -0.0640. The Morgan fingerprint density at radius 1 is 1.46 bits per heavy atom. The van der Waals surface area contributed by atoms with E-state index in [1.807, 2.05) is 6.92 Å². The van der Waals surface area contributed by atoms with E-state index in [2.05, 4.69) is 19.2 Å². The maximum absolute atomic E-state index is 11.4. The second-order valence-electron chi connectivity index (χ2n) is 3.54. The highest BCUT2D eigenvalue weighted by Gasteiger charge is 2.14. The Bertz CT molecular complexity index is 148. The van der Waals surface area contributed by atoms with Crippen LogP contribution in [0, 0.1) is 5.92 Å². The number of carbonyl (C=O) groups excluding carboxylic acids is 1. The number of amides is 1. The first-order chi connectivity index (χ1) is 6.15. The lowest BCUT2D eigenvalue weighted by Crippen LogP contribution is -2.39. The lowest BCUT2D eigenvalue weighted by molar-refractivity contribution is -0.125. The lowest BCUT2D eigenvalue weighted by atomic mass is 10.1. The minimum Gasteiger partial charge on any atom is -0.353 e. The van der Waals surface area contributed by atoms with E-state index in [0.717, 1.165) is 19.3 Å². The van der Waals surface area contributed by atoms with Gasteiger partial charge in [-0.25, -0.2) is 0 Å². The van der Waals surface area contributed by atoms with E-state index in [0.29, 0.717) is 12.6 Å². The van der Waals surface area contributed by atoms with Gasteiger partial charge in [0.2, 0.25) is 5.91 Å². The molecule has 2 atom stereocenters. The third-order valence-corrected chi connectivity index (χ3v) is 2.28. The number of nitrogens with one attached hydrogen (secondary N) is 1. The molecular weight excluding hydrogens is 164 g/mol. The Kier molecular flexibility index (Phi) is 6.59. The summed E-state index contributed by atoms with van der Waals surface area (Å²) in [6.07, 6.45) is 3.16. The summed E-state index contributed by atoms with van der Waals surface area (Å²) < 4.78 is 0. The van der Waals surface area contributed by atoms with Gasteiger partial charge >= 0.3 is 0 Å². The Morgan fingerprint density at radius 2 is 2.08 bits per heavy atom. The SMILES string of the molecule is CCCC(CC)NC(=O)C(C)CN. The highest BCUT2D eigenvalue weighted by atomic mass is 16.1. The van der Waals surface area contributed by atoms with Gasteiger partial charge in [0, 0.05) is 18.5 Å². The van der Waals surface area contributed by atoms with Gasteiger partial charge in [0.25, 0.3) is 0 Å². The average molecular weight is 186 g/mol. The van der Waals surface area contributed by atoms with Gasteiger partial charge in [-0.3, -0.25) is 4.79 Å². The molecular formula is C10H22N2O. The first-order valence-electron chi connectivity index (χ1n) is 5.16. The molecule has 0 aliphatic rings. The molecule has 0 radical (unpaired) electrons. The summed E-state index contributed by atoms with van der Waals surface area (Å²) in [4.78, 5) is 11.4. The van der Waals surface area contributed by atoms with Gasteiger partial charge < -0.3 is 11.1 Å². The Labute approximate surface area is 81.1 Å². The molecule has 2 unspecified atom stereocenters. The molecule has 0 aromatic carbocycles. The fourth-order valence-electron chi connectivity index (χ4n) is 1.18. The van der Waals surface area contributed by atoms with Gasteiger partial charge in [-0.2, -0.15) is 0 Å². The topological polar surface area (TPSA) is 55.1 Å². The molecule has 0 spiro atoms. The smallest absolute Gasteiger partial charge is 0.224 e. The minimum absolute atomic E-state index is 0.0640. The van der Waals surface area contributed by atoms with Crippen LogP contribution in [0.15, 0.2) is 0 Å². The van der Waals surface area contributed by atoms with Crippen molar-refractivity contribution in [2.24, 2.45) is 11.7 Å². The van der Waals surface area contributed by atoms with Crippen LogP contribution >= 0.6 is 0 Å². The molecule has 0 aromatic heterocycles. The van der Waals surface area contributed by atoms with Gasteiger partial charge in [-0.1, -0.05) is 27.2 Å². The van der Waals surface area contributed by atoms with Crippen molar-refractivity contribution >= 4 is 5.91 Å². The molecule has 0 heterocycles.